The zero-order valence-electron chi connectivity index (χ0n) is 14.6. The fourth-order valence-electron chi connectivity index (χ4n) is 3.63. The minimum Gasteiger partial charge on any atom is -0.372 e. The molecular weight excluding hydrogens is 320 g/mol. The highest BCUT2D eigenvalue weighted by Crippen LogP contribution is 2.22. The first-order chi connectivity index (χ1) is 12.1. The number of carbonyl (C=O) groups is 1. The molecule has 0 spiro atoms. The van der Waals surface area contributed by atoms with Gasteiger partial charge in [0.15, 0.2) is 0 Å². The number of carbonyl (C=O) groups excluding carboxylic acids is 1. The van der Waals surface area contributed by atoms with Crippen molar-refractivity contribution in [1.82, 2.24) is 19.6 Å². The van der Waals surface area contributed by atoms with Crippen molar-refractivity contribution < 1.29 is 14.3 Å². The number of nitrogens with one attached hydrogen (secondary N) is 1. The molecule has 4 rings (SSSR count). The predicted octanol–water partition coefficient (Wildman–Crippen LogP) is 0.747. The second-order valence-electron chi connectivity index (χ2n) is 7.04. The first-order valence-electron chi connectivity index (χ1n) is 8.74. The summed E-state index contributed by atoms with van der Waals surface area (Å²) in [6.07, 6.45) is 4.29. The van der Waals surface area contributed by atoms with E-state index in [4.69, 9.17) is 14.5 Å². The van der Waals surface area contributed by atoms with E-state index in [2.05, 4.69) is 40.0 Å². The van der Waals surface area contributed by atoms with Crippen molar-refractivity contribution in [2.45, 2.75) is 38.6 Å². The lowest BCUT2D eigenvalue weighted by Crippen LogP contribution is -2.40. The summed E-state index contributed by atoms with van der Waals surface area (Å²) in [4.78, 5) is 18.2. The monoisotopic (exact) mass is 344 g/mol. The van der Waals surface area contributed by atoms with Gasteiger partial charge in [0.1, 0.15) is 5.65 Å². The van der Waals surface area contributed by atoms with Crippen LogP contribution in [0.5, 0.6) is 0 Å². The number of amides is 1. The van der Waals surface area contributed by atoms with E-state index >= 15 is 0 Å². The Morgan fingerprint density at radius 1 is 1.24 bits per heavy atom. The number of hydrogen-bond acceptors (Lipinski definition) is 5. The van der Waals surface area contributed by atoms with Crippen molar-refractivity contribution in [3.63, 3.8) is 0 Å². The normalized spacial score (nSPS) is 25.0. The van der Waals surface area contributed by atoms with Crippen LogP contribution in [0.3, 0.4) is 0 Å². The van der Waals surface area contributed by atoms with Crippen molar-refractivity contribution >= 4 is 11.6 Å². The van der Waals surface area contributed by atoms with Crippen LogP contribution in [0.1, 0.15) is 18.2 Å². The van der Waals surface area contributed by atoms with Crippen molar-refractivity contribution in [1.29, 1.82) is 0 Å². The van der Waals surface area contributed by atoms with Crippen molar-refractivity contribution in [3.05, 3.63) is 35.8 Å². The fraction of sp³-hybridized carbons (Fsp3) is 0.556. The Kier molecular flexibility index (Phi) is 4.45. The molecule has 0 bridgehead atoms. The zero-order valence-corrected chi connectivity index (χ0v) is 14.6. The third-order valence-corrected chi connectivity index (χ3v) is 4.76. The summed E-state index contributed by atoms with van der Waals surface area (Å²) >= 11 is 0. The van der Waals surface area contributed by atoms with Gasteiger partial charge in [0, 0.05) is 39.0 Å². The standard InChI is InChI=1S/C18H24N4O3/c1-12-3-4-18-20-14(7-22(18)5-12)6-21-8-16-17(9-21)25-11-15(10-24-16)19-13(2)23/h3-5,7,15-17H,6,8-11H2,1-2H3,(H,19,23)/t16-,17-/m0/s1. The number of aryl methyl sites for hydroxylation is 1. The van der Waals surface area contributed by atoms with Crippen LogP contribution in [-0.2, 0) is 20.8 Å². The quantitative estimate of drug-likeness (QED) is 0.890. The van der Waals surface area contributed by atoms with Crippen LogP contribution in [-0.4, -0.2) is 64.7 Å². The molecule has 2 aliphatic rings. The fourth-order valence-corrected chi connectivity index (χ4v) is 3.63. The van der Waals surface area contributed by atoms with E-state index in [0.29, 0.717) is 13.2 Å². The molecule has 1 amide bonds. The molecule has 0 unspecified atom stereocenters. The van der Waals surface area contributed by atoms with Gasteiger partial charge in [0.2, 0.25) is 5.91 Å². The lowest BCUT2D eigenvalue weighted by Gasteiger charge is -2.17. The number of nitrogens with zero attached hydrogens (tertiary/aromatic N) is 3. The van der Waals surface area contributed by atoms with Crippen LogP contribution in [0.2, 0.25) is 0 Å². The van der Waals surface area contributed by atoms with Crippen molar-refractivity contribution in [2.24, 2.45) is 0 Å². The molecular formula is C18H24N4O3. The molecule has 134 valence electrons. The van der Waals surface area contributed by atoms with Gasteiger partial charge in [-0.1, -0.05) is 6.07 Å². The summed E-state index contributed by atoms with van der Waals surface area (Å²) in [7, 11) is 0. The molecule has 1 N–H and O–H groups in total. The summed E-state index contributed by atoms with van der Waals surface area (Å²) in [5, 5.41) is 2.87. The van der Waals surface area contributed by atoms with Crippen LogP contribution in [0.4, 0.5) is 0 Å². The Morgan fingerprint density at radius 3 is 2.64 bits per heavy atom. The topological polar surface area (TPSA) is 68.1 Å². The SMILES string of the molecule is CC(=O)NC1CO[C@H]2CN(Cc3cn4cc(C)ccc4n3)C[C@@H]2OC1. The molecule has 2 atom stereocenters. The third kappa shape index (κ3) is 3.68. The summed E-state index contributed by atoms with van der Waals surface area (Å²) in [5.74, 6) is -0.0482. The van der Waals surface area contributed by atoms with Gasteiger partial charge in [-0.15, -0.1) is 0 Å². The lowest BCUT2D eigenvalue weighted by molar-refractivity contribution is -0.120. The van der Waals surface area contributed by atoms with Gasteiger partial charge in [-0.3, -0.25) is 9.69 Å². The summed E-state index contributed by atoms with van der Waals surface area (Å²) in [6, 6.07) is 4.06. The maximum absolute atomic E-state index is 11.2. The first kappa shape index (κ1) is 16.5. The van der Waals surface area contributed by atoms with E-state index in [9.17, 15) is 4.79 Å². The Balaban J connectivity index is 1.37. The second kappa shape index (κ2) is 6.74. The molecule has 2 fully saturated rings. The molecule has 2 saturated heterocycles. The number of aromatic nitrogens is 2. The highest BCUT2D eigenvalue weighted by molar-refractivity contribution is 5.73. The van der Waals surface area contributed by atoms with E-state index in [1.54, 1.807) is 0 Å². The summed E-state index contributed by atoms with van der Waals surface area (Å²) in [5.41, 5.74) is 3.24. The minimum absolute atomic E-state index is 0.0482. The van der Waals surface area contributed by atoms with Gasteiger partial charge in [-0.2, -0.15) is 0 Å². The van der Waals surface area contributed by atoms with Gasteiger partial charge in [-0.05, 0) is 18.6 Å². The molecule has 2 aromatic rings. The first-order valence-corrected chi connectivity index (χ1v) is 8.74. The molecule has 0 aliphatic carbocycles. The van der Waals surface area contributed by atoms with Crippen LogP contribution < -0.4 is 5.32 Å². The highest BCUT2D eigenvalue weighted by atomic mass is 16.6. The number of hydrogen-bond donors (Lipinski definition) is 1. The molecule has 7 heteroatoms. The average molecular weight is 344 g/mol. The molecule has 2 aliphatic heterocycles. The molecule has 4 heterocycles. The van der Waals surface area contributed by atoms with Crippen LogP contribution >= 0.6 is 0 Å². The number of fused-ring (bicyclic) bond motifs is 2. The van der Waals surface area contributed by atoms with Crippen LogP contribution in [0, 0.1) is 6.92 Å². The number of pyridine rings is 1. The lowest BCUT2D eigenvalue weighted by atomic mass is 10.3. The van der Waals surface area contributed by atoms with Crippen LogP contribution in [0.15, 0.2) is 24.5 Å². The van der Waals surface area contributed by atoms with Gasteiger partial charge in [0.25, 0.3) is 0 Å². The highest BCUT2D eigenvalue weighted by Gasteiger charge is 2.37. The Labute approximate surface area is 146 Å². The number of ether oxygens (including phenoxy) is 2. The maximum Gasteiger partial charge on any atom is 0.217 e. The largest absolute Gasteiger partial charge is 0.372 e. The minimum atomic E-state index is -0.0572. The Bertz CT molecular complexity index is 759. The second-order valence-corrected chi connectivity index (χ2v) is 7.04. The Hall–Kier alpha value is -1.96. The van der Waals surface area contributed by atoms with E-state index < -0.39 is 0 Å². The van der Waals surface area contributed by atoms with E-state index in [-0.39, 0.29) is 24.2 Å². The van der Waals surface area contributed by atoms with Crippen molar-refractivity contribution in [3.8, 4) is 0 Å². The number of rotatable bonds is 3. The average Bonchev–Trinajstić information content (AvgIpc) is 3.07. The maximum atomic E-state index is 11.2. The number of imidazole rings is 1. The van der Waals surface area contributed by atoms with Crippen LogP contribution in [0.25, 0.3) is 5.65 Å². The van der Waals surface area contributed by atoms with Crippen molar-refractivity contribution in [2.75, 3.05) is 26.3 Å². The predicted molar refractivity (Wildman–Crippen MR) is 92.3 cm³/mol. The Morgan fingerprint density at radius 2 is 1.96 bits per heavy atom. The molecule has 0 radical (unpaired) electrons. The van der Waals surface area contributed by atoms with Gasteiger partial charge >= 0.3 is 0 Å². The van der Waals surface area contributed by atoms with Gasteiger partial charge in [0.05, 0.1) is 37.2 Å². The number of likely N-dealkylation sites (tertiary alicyclic amines) is 1. The summed E-state index contributed by atoms with van der Waals surface area (Å²) < 4.78 is 14.0. The van der Waals surface area contributed by atoms with E-state index in [1.807, 2.05) is 6.07 Å². The zero-order chi connectivity index (χ0) is 17.4. The molecule has 0 saturated carbocycles. The smallest absolute Gasteiger partial charge is 0.217 e. The molecule has 7 nitrogen and oxygen atoms in total. The van der Waals surface area contributed by atoms with E-state index in [1.165, 1.54) is 12.5 Å². The molecule has 2 aromatic heterocycles. The summed E-state index contributed by atoms with van der Waals surface area (Å²) in [6.45, 7) is 7.04. The van der Waals surface area contributed by atoms with Gasteiger partial charge < -0.3 is 19.2 Å². The molecule has 0 aromatic carbocycles. The van der Waals surface area contributed by atoms with E-state index in [0.717, 1.165) is 31.0 Å². The van der Waals surface area contributed by atoms with Gasteiger partial charge in [-0.25, -0.2) is 4.98 Å². The molecule has 25 heavy (non-hydrogen) atoms. The third-order valence-electron chi connectivity index (χ3n) is 4.76.